The Hall–Kier alpha value is -0.120. The van der Waals surface area contributed by atoms with Gasteiger partial charge in [0.05, 0.1) is 12.7 Å². The molecule has 2 N–H and O–H groups in total. The number of hydrogen-bond acceptors (Lipinski definition) is 3. The summed E-state index contributed by atoms with van der Waals surface area (Å²) in [6.07, 6.45) is 2.41. The van der Waals surface area contributed by atoms with Gasteiger partial charge >= 0.3 is 0 Å². The Morgan fingerprint density at radius 1 is 1.64 bits per heavy atom. The van der Waals surface area contributed by atoms with Gasteiger partial charge in [0.2, 0.25) is 0 Å². The van der Waals surface area contributed by atoms with Crippen LogP contribution >= 0.6 is 0 Å². The number of ether oxygens (including phenoxy) is 2. The molecule has 1 rings (SSSR count). The van der Waals surface area contributed by atoms with Crippen LogP contribution in [0.1, 0.15) is 12.8 Å². The highest BCUT2D eigenvalue weighted by Gasteiger charge is 2.18. The highest BCUT2D eigenvalue weighted by Crippen LogP contribution is 2.15. The third-order valence-electron chi connectivity index (χ3n) is 2.20. The maximum Gasteiger partial charge on any atom is 0.0597 e. The summed E-state index contributed by atoms with van der Waals surface area (Å²) in [6.45, 7) is 2.32. The normalized spacial score (nSPS) is 33.3. The van der Waals surface area contributed by atoms with Crippen molar-refractivity contribution in [2.75, 3.05) is 26.9 Å². The van der Waals surface area contributed by atoms with Crippen molar-refractivity contribution in [1.82, 2.24) is 0 Å². The fourth-order valence-electron chi connectivity index (χ4n) is 1.40. The zero-order valence-electron chi connectivity index (χ0n) is 7.08. The Labute approximate surface area is 67.9 Å². The van der Waals surface area contributed by atoms with E-state index >= 15 is 0 Å². The first-order chi connectivity index (χ1) is 5.36. The summed E-state index contributed by atoms with van der Waals surface area (Å²) in [5.74, 6) is 0.488. The van der Waals surface area contributed by atoms with Gasteiger partial charge in [-0.15, -0.1) is 0 Å². The quantitative estimate of drug-likeness (QED) is 0.633. The van der Waals surface area contributed by atoms with E-state index in [0.717, 1.165) is 26.1 Å². The maximum absolute atomic E-state index is 5.55. The highest BCUT2D eigenvalue weighted by atomic mass is 16.5. The van der Waals surface area contributed by atoms with Crippen LogP contribution in [0.2, 0.25) is 0 Å². The lowest BCUT2D eigenvalue weighted by Gasteiger charge is -2.15. The van der Waals surface area contributed by atoms with Crippen molar-refractivity contribution in [3.8, 4) is 0 Å². The molecular formula is C8H17NO2. The zero-order valence-corrected chi connectivity index (χ0v) is 7.08. The van der Waals surface area contributed by atoms with E-state index in [1.165, 1.54) is 0 Å². The molecule has 0 aromatic rings. The third kappa shape index (κ3) is 2.77. The van der Waals surface area contributed by atoms with Crippen LogP contribution in [0, 0.1) is 5.92 Å². The minimum absolute atomic E-state index is 0.353. The van der Waals surface area contributed by atoms with Gasteiger partial charge in [0.25, 0.3) is 0 Å². The Bertz CT molecular complexity index is 96.3. The van der Waals surface area contributed by atoms with E-state index in [-0.39, 0.29) is 0 Å². The van der Waals surface area contributed by atoms with E-state index in [1.807, 2.05) is 0 Å². The predicted octanol–water partition coefficient (Wildman–Crippen LogP) is 0.387. The van der Waals surface area contributed by atoms with Gasteiger partial charge < -0.3 is 15.2 Å². The molecule has 0 bridgehead atoms. The van der Waals surface area contributed by atoms with Gasteiger partial charge in [-0.05, 0) is 25.3 Å². The van der Waals surface area contributed by atoms with E-state index in [0.29, 0.717) is 18.6 Å². The van der Waals surface area contributed by atoms with Crippen molar-refractivity contribution in [3.63, 3.8) is 0 Å². The minimum atomic E-state index is 0.353. The van der Waals surface area contributed by atoms with Gasteiger partial charge in [-0.1, -0.05) is 0 Å². The average molecular weight is 159 g/mol. The lowest BCUT2D eigenvalue weighted by Crippen LogP contribution is -2.22. The SMILES string of the molecule is CO[C@@H]1CCOC[C@@H](CN)C1. The molecule has 66 valence electrons. The molecule has 0 spiro atoms. The standard InChI is InChI=1S/C8H17NO2/c1-10-8-2-3-11-6-7(4-8)5-9/h7-8H,2-6,9H2,1H3/t7-,8-/m1/s1. The maximum atomic E-state index is 5.55. The first-order valence-corrected chi connectivity index (χ1v) is 4.17. The molecule has 11 heavy (non-hydrogen) atoms. The Kier molecular flexibility index (Phi) is 3.83. The molecular weight excluding hydrogens is 142 g/mol. The van der Waals surface area contributed by atoms with Crippen LogP contribution in [0.5, 0.6) is 0 Å². The second-order valence-electron chi connectivity index (χ2n) is 3.06. The number of hydrogen-bond donors (Lipinski definition) is 1. The summed E-state index contributed by atoms with van der Waals surface area (Å²) in [6, 6.07) is 0. The van der Waals surface area contributed by atoms with E-state index in [9.17, 15) is 0 Å². The van der Waals surface area contributed by atoms with Gasteiger partial charge in [-0.2, -0.15) is 0 Å². The van der Waals surface area contributed by atoms with Gasteiger partial charge in [0.15, 0.2) is 0 Å². The molecule has 0 unspecified atom stereocenters. The first kappa shape index (κ1) is 8.97. The van der Waals surface area contributed by atoms with Crippen molar-refractivity contribution in [2.45, 2.75) is 18.9 Å². The van der Waals surface area contributed by atoms with Gasteiger partial charge in [-0.3, -0.25) is 0 Å². The Morgan fingerprint density at radius 2 is 2.45 bits per heavy atom. The summed E-state index contributed by atoms with van der Waals surface area (Å²) < 4.78 is 10.6. The highest BCUT2D eigenvalue weighted by molar-refractivity contribution is 4.69. The molecule has 0 amide bonds. The molecule has 0 aromatic carbocycles. The molecule has 1 aliphatic rings. The molecule has 0 aliphatic carbocycles. The van der Waals surface area contributed by atoms with Crippen molar-refractivity contribution in [1.29, 1.82) is 0 Å². The second-order valence-corrected chi connectivity index (χ2v) is 3.06. The molecule has 1 fully saturated rings. The number of nitrogens with two attached hydrogens (primary N) is 1. The van der Waals surface area contributed by atoms with Gasteiger partial charge in [0, 0.05) is 13.7 Å². The smallest absolute Gasteiger partial charge is 0.0597 e. The van der Waals surface area contributed by atoms with Crippen LogP contribution in [-0.2, 0) is 9.47 Å². The summed E-state index contributed by atoms with van der Waals surface area (Å²) in [5, 5.41) is 0. The lowest BCUT2D eigenvalue weighted by molar-refractivity contribution is 0.0773. The molecule has 1 saturated heterocycles. The molecule has 2 atom stereocenters. The zero-order chi connectivity index (χ0) is 8.10. The topological polar surface area (TPSA) is 44.5 Å². The molecule has 1 aliphatic heterocycles. The van der Waals surface area contributed by atoms with Gasteiger partial charge in [0.1, 0.15) is 0 Å². The molecule has 1 heterocycles. The van der Waals surface area contributed by atoms with Crippen LogP contribution in [0.25, 0.3) is 0 Å². The van der Waals surface area contributed by atoms with Crippen LogP contribution in [0.15, 0.2) is 0 Å². The van der Waals surface area contributed by atoms with Gasteiger partial charge in [-0.25, -0.2) is 0 Å². The van der Waals surface area contributed by atoms with Crippen LogP contribution in [0.4, 0.5) is 0 Å². The second kappa shape index (κ2) is 4.70. The Morgan fingerprint density at radius 3 is 3.09 bits per heavy atom. The molecule has 0 aromatic heterocycles. The molecule has 3 heteroatoms. The van der Waals surface area contributed by atoms with E-state index < -0.39 is 0 Å². The van der Waals surface area contributed by atoms with Crippen LogP contribution in [0.3, 0.4) is 0 Å². The average Bonchev–Trinajstić information content (AvgIpc) is 2.28. The molecule has 0 radical (unpaired) electrons. The summed E-state index contributed by atoms with van der Waals surface area (Å²) in [5.41, 5.74) is 5.55. The lowest BCUT2D eigenvalue weighted by atomic mass is 10.0. The van der Waals surface area contributed by atoms with E-state index in [1.54, 1.807) is 7.11 Å². The molecule has 0 saturated carbocycles. The van der Waals surface area contributed by atoms with Crippen molar-refractivity contribution >= 4 is 0 Å². The summed E-state index contributed by atoms with van der Waals surface area (Å²) >= 11 is 0. The van der Waals surface area contributed by atoms with Crippen molar-refractivity contribution in [3.05, 3.63) is 0 Å². The largest absolute Gasteiger partial charge is 0.381 e. The predicted molar refractivity (Wildman–Crippen MR) is 43.4 cm³/mol. The Balaban J connectivity index is 2.33. The monoisotopic (exact) mass is 159 g/mol. The first-order valence-electron chi connectivity index (χ1n) is 4.17. The fraction of sp³-hybridized carbons (Fsp3) is 1.00. The fourth-order valence-corrected chi connectivity index (χ4v) is 1.40. The van der Waals surface area contributed by atoms with E-state index in [4.69, 9.17) is 15.2 Å². The number of methoxy groups -OCH3 is 1. The third-order valence-corrected chi connectivity index (χ3v) is 2.20. The summed E-state index contributed by atoms with van der Waals surface area (Å²) in [7, 11) is 1.75. The number of rotatable bonds is 2. The summed E-state index contributed by atoms with van der Waals surface area (Å²) in [4.78, 5) is 0. The van der Waals surface area contributed by atoms with Crippen molar-refractivity contribution in [2.24, 2.45) is 11.7 Å². The van der Waals surface area contributed by atoms with Crippen LogP contribution in [-0.4, -0.2) is 33.0 Å². The van der Waals surface area contributed by atoms with E-state index in [2.05, 4.69) is 0 Å². The molecule has 3 nitrogen and oxygen atoms in total. The van der Waals surface area contributed by atoms with Crippen LogP contribution < -0.4 is 5.73 Å². The van der Waals surface area contributed by atoms with Crippen molar-refractivity contribution < 1.29 is 9.47 Å². The minimum Gasteiger partial charge on any atom is -0.381 e.